The molecule has 226 valence electrons. The number of hydrogen-bond acceptors (Lipinski definition) is 5. The van der Waals surface area contributed by atoms with Crippen molar-refractivity contribution in [2.45, 2.75) is 143 Å². The van der Waals surface area contributed by atoms with Crippen LogP contribution in [0.4, 0.5) is 0 Å². The molecular weight excluding hydrogens is 484 g/mol. The van der Waals surface area contributed by atoms with Crippen LogP contribution in [0.3, 0.4) is 0 Å². The molecule has 1 aromatic carbocycles. The minimum Gasteiger partial charge on any atom is -0.471 e. The van der Waals surface area contributed by atoms with E-state index in [0.717, 1.165) is 63.7 Å². The topological polar surface area (TPSA) is 34.2 Å². The van der Waals surface area contributed by atoms with Gasteiger partial charge in [-0.05, 0) is 38.1 Å². The summed E-state index contributed by atoms with van der Waals surface area (Å²) >= 11 is 0. The summed E-state index contributed by atoms with van der Waals surface area (Å²) in [5, 5.41) is 0. The Morgan fingerprint density at radius 3 is 1.33 bits per heavy atom. The molecule has 1 aliphatic heterocycles. The lowest BCUT2D eigenvalue weighted by Gasteiger charge is -2.33. The second kappa shape index (κ2) is 22.4. The minimum absolute atomic E-state index is 0.00591. The highest BCUT2D eigenvalue weighted by atomic mass is 16.6. The van der Waals surface area contributed by atoms with Gasteiger partial charge < -0.3 is 14.2 Å². The maximum atomic E-state index is 6.70. The quantitative estimate of drug-likeness (QED) is 0.152. The van der Waals surface area contributed by atoms with Crippen LogP contribution in [0.25, 0.3) is 0 Å². The zero-order valence-electron chi connectivity index (χ0n) is 26.1. The summed E-state index contributed by atoms with van der Waals surface area (Å²) in [4.78, 5) is 4.97. The van der Waals surface area contributed by atoms with E-state index in [0.29, 0.717) is 0 Å². The first-order chi connectivity index (χ1) is 19.2. The predicted octanol–water partition coefficient (Wildman–Crippen LogP) is 9.05. The number of fused-ring (bicyclic) bond motifs is 1. The molecule has 1 aromatic rings. The molecule has 0 aromatic heterocycles. The molecule has 1 aliphatic rings. The van der Waals surface area contributed by atoms with E-state index < -0.39 is 0 Å². The number of benzene rings is 1. The van der Waals surface area contributed by atoms with Crippen LogP contribution in [-0.4, -0.2) is 61.6 Å². The number of ether oxygens (including phenoxy) is 3. The standard InChI is InChI=1S/C34H62N2O3/c1-5-9-11-13-15-17-21-27-35(7-3)33-25-29-37-30-26-34(39-32-24-20-19-23-31(32)38-33)36(8-4)28-22-18-16-14-12-10-6-2/h19-20,23-24,33-34H,5-18,21-22,25-30H2,1-4H3. The second-order valence-corrected chi connectivity index (χ2v) is 11.3. The summed E-state index contributed by atoms with van der Waals surface area (Å²) in [5.41, 5.74) is 0. The van der Waals surface area contributed by atoms with Crippen LogP contribution >= 0.6 is 0 Å². The number of rotatable bonds is 20. The lowest BCUT2D eigenvalue weighted by Crippen LogP contribution is -2.41. The Labute approximate surface area is 242 Å². The van der Waals surface area contributed by atoms with Crippen molar-refractivity contribution >= 4 is 0 Å². The van der Waals surface area contributed by atoms with Gasteiger partial charge in [0.25, 0.3) is 0 Å². The van der Waals surface area contributed by atoms with E-state index in [-0.39, 0.29) is 12.5 Å². The van der Waals surface area contributed by atoms with Crippen LogP contribution in [0, 0.1) is 0 Å². The molecule has 0 spiro atoms. The van der Waals surface area contributed by atoms with Gasteiger partial charge in [0, 0.05) is 25.9 Å². The molecule has 0 N–H and O–H groups in total. The van der Waals surface area contributed by atoms with E-state index in [9.17, 15) is 0 Å². The molecule has 5 heteroatoms. The van der Waals surface area contributed by atoms with Crippen molar-refractivity contribution in [1.82, 2.24) is 9.80 Å². The largest absolute Gasteiger partial charge is 0.471 e. The van der Waals surface area contributed by atoms with Crippen molar-refractivity contribution in [3.05, 3.63) is 24.3 Å². The summed E-state index contributed by atoms with van der Waals surface area (Å²) in [6.45, 7) is 14.6. The normalized spacial score (nSPS) is 18.4. The van der Waals surface area contributed by atoms with Crippen LogP contribution in [0.5, 0.6) is 11.5 Å². The van der Waals surface area contributed by atoms with Gasteiger partial charge in [-0.2, -0.15) is 0 Å². The van der Waals surface area contributed by atoms with Crippen molar-refractivity contribution in [2.75, 3.05) is 39.4 Å². The number of nitrogens with zero attached hydrogens (tertiary/aromatic N) is 2. The Hall–Kier alpha value is -1.30. The maximum Gasteiger partial charge on any atom is 0.163 e. The summed E-state index contributed by atoms with van der Waals surface area (Å²) < 4.78 is 19.6. The fourth-order valence-electron chi connectivity index (χ4n) is 5.60. The monoisotopic (exact) mass is 546 g/mol. The number of hydrogen-bond donors (Lipinski definition) is 0. The zero-order chi connectivity index (χ0) is 28.0. The Kier molecular flexibility index (Phi) is 19.5. The lowest BCUT2D eigenvalue weighted by molar-refractivity contribution is -0.00846. The third kappa shape index (κ3) is 14.2. The fraction of sp³-hybridized carbons (Fsp3) is 0.824. The van der Waals surface area contributed by atoms with Crippen molar-refractivity contribution in [2.24, 2.45) is 0 Å². The first kappa shape index (κ1) is 33.9. The molecule has 0 fully saturated rings. The Bertz CT molecular complexity index is 644. The molecule has 1 heterocycles. The van der Waals surface area contributed by atoms with Crippen LogP contribution in [-0.2, 0) is 4.74 Å². The van der Waals surface area contributed by atoms with E-state index >= 15 is 0 Å². The van der Waals surface area contributed by atoms with Gasteiger partial charge in [0.05, 0.1) is 13.2 Å². The van der Waals surface area contributed by atoms with Gasteiger partial charge >= 0.3 is 0 Å². The lowest BCUT2D eigenvalue weighted by atomic mass is 10.1. The van der Waals surface area contributed by atoms with E-state index in [1.54, 1.807) is 0 Å². The van der Waals surface area contributed by atoms with Crippen molar-refractivity contribution in [3.63, 3.8) is 0 Å². The molecular formula is C34H62N2O3. The average Bonchev–Trinajstić information content (AvgIpc) is 2.99. The van der Waals surface area contributed by atoms with Crippen LogP contribution in [0.2, 0.25) is 0 Å². The Morgan fingerprint density at radius 2 is 0.949 bits per heavy atom. The van der Waals surface area contributed by atoms with Crippen molar-refractivity contribution in [3.8, 4) is 11.5 Å². The van der Waals surface area contributed by atoms with Gasteiger partial charge in [0.2, 0.25) is 0 Å². The average molecular weight is 547 g/mol. The highest BCUT2D eigenvalue weighted by molar-refractivity contribution is 5.39. The zero-order valence-corrected chi connectivity index (χ0v) is 26.1. The van der Waals surface area contributed by atoms with Gasteiger partial charge in [-0.1, -0.05) is 117 Å². The third-order valence-corrected chi connectivity index (χ3v) is 8.12. The first-order valence-corrected chi connectivity index (χ1v) is 16.7. The fourth-order valence-corrected chi connectivity index (χ4v) is 5.60. The second-order valence-electron chi connectivity index (χ2n) is 11.3. The van der Waals surface area contributed by atoms with Crippen LogP contribution in [0.15, 0.2) is 24.3 Å². The Balaban J connectivity index is 1.97. The predicted molar refractivity (Wildman–Crippen MR) is 166 cm³/mol. The highest BCUT2D eigenvalue weighted by Crippen LogP contribution is 2.31. The summed E-state index contributed by atoms with van der Waals surface area (Å²) in [6.07, 6.45) is 20.4. The van der Waals surface area contributed by atoms with Crippen molar-refractivity contribution < 1.29 is 14.2 Å². The third-order valence-electron chi connectivity index (χ3n) is 8.12. The van der Waals surface area contributed by atoms with Crippen LogP contribution in [0.1, 0.15) is 130 Å². The van der Waals surface area contributed by atoms with Gasteiger partial charge in [0.1, 0.15) is 0 Å². The molecule has 0 amide bonds. The summed E-state index contributed by atoms with van der Waals surface area (Å²) in [7, 11) is 0. The summed E-state index contributed by atoms with van der Waals surface area (Å²) in [5.74, 6) is 1.72. The molecule has 0 aliphatic carbocycles. The molecule has 2 unspecified atom stereocenters. The smallest absolute Gasteiger partial charge is 0.163 e. The van der Waals surface area contributed by atoms with Gasteiger partial charge in [-0.15, -0.1) is 0 Å². The minimum atomic E-state index is 0.00591. The maximum absolute atomic E-state index is 6.70. The summed E-state index contributed by atoms with van der Waals surface area (Å²) in [6, 6.07) is 8.28. The molecule has 2 rings (SSSR count). The molecule has 5 nitrogen and oxygen atoms in total. The Morgan fingerprint density at radius 1 is 0.564 bits per heavy atom. The molecule has 0 radical (unpaired) electrons. The van der Waals surface area contributed by atoms with E-state index in [1.165, 1.54) is 89.9 Å². The molecule has 0 saturated heterocycles. The SMILES string of the molecule is CCCCCCCCCN(CC)C1CCOCCC(N(CC)CCCCCCCCC)Oc2ccccc2O1. The number of para-hydroxylation sites is 2. The van der Waals surface area contributed by atoms with Gasteiger partial charge in [-0.3, -0.25) is 9.80 Å². The van der Waals surface area contributed by atoms with Gasteiger partial charge in [-0.25, -0.2) is 0 Å². The number of unbranched alkanes of at least 4 members (excludes halogenated alkanes) is 12. The van der Waals surface area contributed by atoms with E-state index in [1.807, 2.05) is 0 Å². The van der Waals surface area contributed by atoms with E-state index in [2.05, 4.69) is 61.8 Å². The molecule has 2 atom stereocenters. The molecule has 0 bridgehead atoms. The molecule has 39 heavy (non-hydrogen) atoms. The van der Waals surface area contributed by atoms with Crippen LogP contribution < -0.4 is 9.47 Å². The van der Waals surface area contributed by atoms with Crippen molar-refractivity contribution in [1.29, 1.82) is 0 Å². The highest BCUT2D eigenvalue weighted by Gasteiger charge is 2.25. The first-order valence-electron chi connectivity index (χ1n) is 16.7. The molecule has 0 saturated carbocycles. The van der Waals surface area contributed by atoms with E-state index in [4.69, 9.17) is 14.2 Å². The van der Waals surface area contributed by atoms with Gasteiger partial charge in [0.15, 0.2) is 24.0 Å².